The smallest absolute Gasteiger partial charge is 0.323 e. The molecule has 5 nitrogen and oxygen atoms in total. The number of hydrogen-bond acceptors (Lipinski definition) is 3. The van der Waals surface area contributed by atoms with E-state index in [1.807, 2.05) is 12.1 Å². The summed E-state index contributed by atoms with van der Waals surface area (Å²) in [4.78, 5) is 18.4. The van der Waals surface area contributed by atoms with Gasteiger partial charge in [0, 0.05) is 19.9 Å². The van der Waals surface area contributed by atoms with E-state index in [2.05, 4.69) is 10.3 Å². The zero-order valence-corrected chi connectivity index (χ0v) is 13.5. The molecule has 0 saturated carbocycles. The second-order valence-corrected chi connectivity index (χ2v) is 5.77. The van der Waals surface area contributed by atoms with Crippen molar-refractivity contribution >= 4 is 11.8 Å². The van der Waals surface area contributed by atoms with Gasteiger partial charge in [-0.1, -0.05) is 12.1 Å². The predicted molar refractivity (Wildman–Crippen MR) is 89.3 cm³/mol. The van der Waals surface area contributed by atoms with Gasteiger partial charge < -0.3 is 9.64 Å². The van der Waals surface area contributed by atoms with Crippen LogP contribution < -0.4 is 5.32 Å². The van der Waals surface area contributed by atoms with E-state index in [1.165, 1.54) is 12.1 Å². The van der Waals surface area contributed by atoms with E-state index in [-0.39, 0.29) is 17.9 Å². The van der Waals surface area contributed by atoms with Gasteiger partial charge in [0.1, 0.15) is 11.6 Å². The molecule has 126 valence electrons. The van der Waals surface area contributed by atoms with Crippen LogP contribution in [-0.2, 0) is 11.2 Å². The Labute approximate surface area is 140 Å². The van der Waals surface area contributed by atoms with Crippen molar-refractivity contribution in [2.45, 2.75) is 18.9 Å². The summed E-state index contributed by atoms with van der Waals surface area (Å²) in [7, 11) is 1.66. The van der Waals surface area contributed by atoms with Gasteiger partial charge in [-0.25, -0.2) is 14.2 Å². The number of halogens is 1. The topological polar surface area (TPSA) is 54.5 Å². The number of likely N-dealkylation sites (tertiary alicyclic amines) is 1. The molecule has 3 rings (SSSR count). The fourth-order valence-corrected chi connectivity index (χ4v) is 2.76. The van der Waals surface area contributed by atoms with Gasteiger partial charge in [0.15, 0.2) is 0 Å². The minimum atomic E-state index is -0.272. The van der Waals surface area contributed by atoms with Gasteiger partial charge in [0.2, 0.25) is 0 Å². The molecule has 1 aromatic heterocycles. The average molecular weight is 329 g/mol. The summed E-state index contributed by atoms with van der Waals surface area (Å²) in [6.45, 7) is 1.30. The maximum atomic E-state index is 13.0. The minimum absolute atomic E-state index is 0.0118. The lowest BCUT2D eigenvalue weighted by molar-refractivity contribution is 0.126. The van der Waals surface area contributed by atoms with Crippen LogP contribution in [0, 0.1) is 5.82 Å². The molecule has 1 aliphatic heterocycles. The molecule has 0 spiro atoms. The number of anilines is 1. The first-order valence-corrected chi connectivity index (χ1v) is 7.94. The van der Waals surface area contributed by atoms with Gasteiger partial charge in [-0.3, -0.25) is 5.32 Å². The van der Waals surface area contributed by atoms with Gasteiger partial charge in [-0.05, 0) is 48.2 Å². The van der Waals surface area contributed by atoms with Crippen LogP contribution in [0.3, 0.4) is 0 Å². The van der Waals surface area contributed by atoms with E-state index in [0.29, 0.717) is 19.0 Å². The molecule has 2 amide bonds. The van der Waals surface area contributed by atoms with Crippen molar-refractivity contribution in [3.63, 3.8) is 0 Å². The van der Waals surface area contributed by atoms with Crippen molar-refractivity contribution in [1.82, 2.24) is 9.88 Å². The van der Waals surface area contributed by atoms with Crippen LogP contribution in [0.5, 0.6) is 0 Å². The second kappa shape index (κ2) is 7.40. The van der Waals surface area contributed by atoms with E-state index < -0.39 is 0 Å². The number of nitrogens with one attached hydrogen (secondary N) is 1. The third-order valence-corrected chi connectivity index (χ3v) is 4.19. The fraction of sp³-hybridized carbons (Fsp3) is 0.333. The molecule has 1 aliphatic rings. The van der Waals surface area contributed by atoms with Gasteiger partial charge >= 0.3 is 6.03 Å². The Hall–Kier alpha value is -2.47. The maximum absolute atomic E-state index is 13.0. The molecule has 2 aromatic rings. The number of carbonyl (C=O) groups is 1. The number of amides is 2. The van der Waals surface area contributed by atoms with E-state index in [1.54, 1.807) is 30.3 Å². The molecule has 1 atom stereocenters. The number of methoxy groups -OCH3 is 1. The molecular weight excluding hydrogens is 309 g/mol. The Morgan fingerprint density at radius 3 is 2.83 bits per heavy atom. The maximum Gasteiger partial charge on any atom is 0.323 e. The number of urea groups is 1. The Morgan fingerprint density at radius 1 is 1.38 bits per heavy atom. The second-order valence-electron chi connectivity index (χ2n) is 5.77. The lowest BCUT2D eigenvalue weighted by atomic mass is 9.95. The van der Waals surface area contributed by atoms with E-state index in [9.17, 15) is 9.18 Å². The molecule has 24 heavy (non-hydrogen) atoms. The SMILES string of the molecule is COCCc1ccnc(NC(=O)N2CCC2c2ccc(F)cc2)c1. The number of benzene rings is 1. The highest BCUT2D eigenvalue weighted by atomic mass is 19.1. The number of carbonyl (C=O) groups excluding carboxylic acids is 1. The van der Waals surface area contributed by atoms with Gasteiger partial charge in [0.25, 0.3) is 0 Å². The van der Waals surface area contributed by atoms with Crippen LogP contribution in [0.25, 0.3) is 0 Å². The lowest BCUT2D eigenvalue weighted by Gasteiger charge is -2.41. The largest absolute Gasteiger partial charge is 0.384 e. The van der Waals surface area contributed by atoms with E-state index in [4.69, 9.17) is 4.74 Å². The van der Waals surface area contributed by atoms with E-state index >= 15 is 0 Å². The molecule has 1 aromatic carbocycles. The van der Waals surface area contributed by atoms with Gasteiger partial charge in [-0.2, -0.15) is 0 Å². The van der Waals surface area contributed by atoms with Gasteiger partial charge in [0.05, 0.1) is 12.6 Å². The molecule has 1 fully saturated rings. The summed E-state index contributed by atoms with van der Waals surface area (Å²) in [6, 6.07) is 9.85. The summed E-state index contributed by atoms with van der Waals surface area (Å²) in [5.74, 6) is 0.254. The molecule has 2 heterocycles. The Bertz CT molecular complexity index is 706. The van der Waals surface area contributed by atoms with Crippen molar-refractivity contribution in [3.8, 4) is 0 Å². The Balaban J connectivity index is 1.63. The Morgan fingerprint density at radius 2 is 2.17 bits per heavy atom. The molecule has 1 unspecified atom stereocenters. The highest BCUT2D eigenvalue weighted by Crippen LogP contribution is 2.33. The first kappa shape index (κ1) is 16.4. The third kappa shape index (κ3) is 3.71. The summed E-state index contributed by atoms with van der Waals surface area (Å²) < 4.78 is 18.1. The molecular formula is C18H20FN3O2. The number of nitrogens with zero attached hydrogens (tertiary/aromatic N) is 2. The van der Waals surface area contributed by atoms with Crippen LogP contribution >= 0.6 is 0 Å². The zero-order valence-electron chi connectivity index (χ0n) is 13.5. The summed E-state index contributed by atoms with van der Waals surface area (Å²) >= 11 is 0. The first-order valence-electron chi connectivity index (χ1n) is 7.94. The molecule has 0 aliphatic carbocycles. The molecule has 1 N–H and O–H groups in total. The standard InChI is InChI=1S/C18H20FN3O2/c1-24-11-8-13-6-9-20-17(12-13)21-18(23)22-10-7-16(22)14-2-4-15(19)5-3-14/h2-6,9,12,16H,7-8,10-11H2,1H3,(H,20,21,23). The number of rotatable bonds is 5. The normalized spacial score (nSPS) is 16.6. The number of hydrogen-bond donors (Lipinski definition) is 1. The van der Waals surface area contributed by atoms with Crippen molar-refractivity contribution < 1.29 is 13.9 Å². The van der Waals surface area contributed by atoms with Crippen LogP contribution in [0.15, 0.2) is 42.6 Å². The number of aromatic nitrogens is 1. The predicted octanol–water partition coefficient (Wildman–Crippen LogP) is 3.39. The number of ether oxygens (including phenoxy) is 1. The zero-order chi connectivity index (χ0) is 16.9. The molecule has 0 bridgehead atoms. The Kier molecular flexibility index (Phi) is 5.05. The average Bonchev–Trinajstić information content (AvgIpc) is 2.54. The van der Waals surface area contributed by atoms with Crippen LogP contribution in [-0.4, -0.2) is 36.2 Å². The van der Waals surface area contributed by atoms with Crippen LogP contribution in [0.2, 0.25) is 0 Å². The van der Waals surface area contributed by atoms with Crippen molar-refractivity contribution in [1.29, 1.82) is 0 Å². The fourth-order valence-electron chi connectivity index (χ4n) is 2.76. The summed E-state index contributed by atoms with van der Waals surface area (Å²) in [5, 5.41) is 2.83. The van der Waals surface area contributed by atoms with Crippen LogP contribution in [0.4, 0.5) is 15.0 Å². The first-order chi connectivity index (χ1) is 11.7. The van der Waals surface area contributed by atoms with Gasteiger partial charge in [-0.15, -0.1) is 0 Å². The number of pyridine rings is 1. The van der Waals surface area contributed by atoms with Crippen molar-refractivity contribution in [2.75, 3.05) is 25.6 Å². The monoisotopic (exact) mass is 329 g/mol. The molecule has 1 saturated heterocycles. The molecule has 6 heteroatoms. The highest BCUT2D eigenvalue weighted by Gasteiger charge is 2.33. The quantitative estimate of drug-likeness (QED) is 0.915. The lowest BCUT2D eigenvalue weighted by Crippen LogP contribution is -2.47. The molecule has 0 radical (unpaired) electrons. The van der Waals surface area contributed by atoms with E-state index in [0.717, 1.165) is 24.0 Å². The highest BCUT2D eigenvalue weighted by molar-refractivity contribution is 5.89. The van der Waals surface area contributed by atoms with Crippen LogP contribution in [0.1, 0.15) is 23.6 Å². The van der Waals surface area contributed by atoms with Crippen molar-refractivity contribution in [2.24, 2.45) is 0 Å². The van der Waals surface area contributed by atoms with Crippen molar-refractivity contribution in [3.05, 3.63) is 59.5 Å². The summed E-state index contributed by atoms with van der Waals surface area (Å²) in [6.07, 6.45) is 3.32. The summed E-state index contributed by atoms with van der Waals surface area (Å²) in [5.41, 5.74) is 2.00. The minimum Gasteiger partial charge on any atom is -0.384 e. The third-order valence-electron chi connectivity index (χ3n) is 4.19.